The second kappa shape index (κ2) is 5.74. The zero-order valence-corrected chi connectivity index (χ0v) is 13.4. The van der Waals surface area contributed by atoms with Crippen LogP contribution in [0.1, 0.15) is 17.4 Å². The van der Waals surface area contributed by atoms with Crippen LogP contribution in [-0.2, 0) is 9.47 Å². The molecule has 0 atom stereocenters. The SMILES string of the molecule is CCOC(=O)c1nnn2c1nc(N1CCOCC1)c1sccc12. The van der Waals surface area contributed by atoms with Crippen molar-refractivity contribution in [1.82, 2.24) is 19.8 Å². The maximum Gasteiger partial charge on any atom is 0.362 e. The molecule has 23 heavy (non-hydrogen) atoms. The number of thiophene rings is 1. The van der Waals surface area contributed by atoms with Crippen molar-refractivity contribution in [3.05, 3.63) is 17.1 Å². The maximum absolute atomic E-state index is 12.1. The van der Waals surface area contributed by atoms with Gasteiger partial charge in [-0.1, -0.05) is 5.21 Å². The smallest absolute Gasteiger partial charge is 0.362 e. The predicted molar refractivity (Wildman–Crippen MR) is 85.2 cm³/mol. The van der Waals surface area contributed by atoms with Crippen LogP contribution in [0.4, 0.5) is 5.82 Å². The molecule has 0 aromatic carbocycles. The lowest BCUT2D eigenvalue weighted by Crippen LogP contribution is -2.36. The number of anilines is 1. The summed E-state index contributed by atoms with van der Waals surface area (Å²) in [7, 11) is 0. The highest BCUT2D eigenvalue weighted by Gasteiger charge is 2.24. The second-order valence-corrected chi connectivity index (χ2v) is 5.98. The molecule has 1 saturated heterocycles. The molecule has 1 aliphatic rings. The molecule has 8 nitrogen and oxygen atoms in total. The lowest BCUT2D eigenvalue weighted by molar-refractivity contribution is 0.0521. The van der Waals surface area contributed by atoms with Gasteiger partial charge in [-0.2, -0.15) is 4.52 Å². The number of rotatable bonds is 3. The van der Waals surface area contributed by atoms with Crippen molar-refractivity contribution in [2.45, 2.75) is 6.92 Å². The fourth-order valence-corrected chi connectivity index (χ4v) is 3.54. The van der Waals surface area contributed by atoms with Gasteiger partial charge in [0.1, 0.15) is 0 Å². The molecule has 0 saturated carbocycles. The molecule has 4 rings (SSSR count). The Balaban J connectivity index is 1.91. The standard InChI is InChI=1S/C14H15N5O3S/c1-2-22-14(20)10-12-15-13(18-4-6-21-7-5-18)11-9(3-8-23-11)19(12)17-16-10/h3,8H,2,4-7H2,1H3. The van der Waals surface area contributed by atoms with E-state index in [9.17, 15) is 4.79 Å². The number of carbonyl (C=O) groups is 1. The van der Waals surface area contributed by atoms with E-state index < -0.39 is 5.97 Å². The number of esters is 1. The van der Waals surface area contributed by atoms with Gasteiger partial charge in [-0.05, 0) is 18.4 Å². The molecular formula is C14H15N5O3S. The first-order valence-electron chi connectivity index (χ1n) is 7.42. The molecule has 0 spiro atoms. The fraction of sp³-hybridized carbons (Fsp3) is 0.429. The van der Waals surface area contributed by atoms with Gasteiger partial charge in [-0.25, -0.2) is 9.78 Å². The number of carbonyl (C=O) groups excluding carboxylic acids is 1. The quantitative estimate of drug-likeness (QED) is 0.669. The van der Waals surface area contributed by atoms with Crippen molar-refractivity contribution >= 4 is 39.0 Å². The summed E-state index contributed by atoms with van der Waals surface area (Å²) in [6.07, 6.45) is 0. The molecule has 3 aromatic rings. The van der Waals surface area contributed by atoms with E-state index in [1.165, 1.54) is 0 Å². The Morgan fingerprint density at radius 1 is 1.43 bits per heavy atom. The van der Waals surface area contributed by atoms with Crippen molar-refractivity contribution in [2.75, 3.05) is 37.8 Å². The van der Waals surface area contributed by atoms with Crippen molar-refractivity contribution in [1.29, 1.82) is 0 Å². The van der Waals surface area contributed by atoms with Crippen LogP contribution in [0.15, 0.2) is 11.4 Å². The molecule has 4 heterocycles. The fourth-order valence-electron chi connectivity index (χ4n) is 2.65. The zero-order chi connectivity index (χ0) is 15.8. The lowest BCUT2D eigenvalue weighted by atomic mass is 10.3. The van der Waals surface area contributed by atoms with E-state index in [0.717, 1.165) is 29.1 Å². The average Bonchev–Trinajstić information content (AvgIpc) is 3.21. The van der Waals surface area contributed by atoms with Crippen LogP contribution in [0.25, 0.3) is 15.9 Å². The van der Waals surface area contributed by atoms with Crippen LogP contribution in [0.2, 0.25) is 0 Å². The number of ether oxygens (including phenoxy) is 2. The third-order valence-corrected chi connectivity index (χ3v) is 4.61. The maximum atomic E-state index is 12.1. The van der Waals surface area contributed by atoms with Gasteiger partial charge < -0.3 is 14.4 Å². The van der Waals surface area contributed by atoms with Crippen LogP contribution < -0.4 is 4.90 Å². The van der Waals surface area contributed by atoms with E-state index in [2.05, 4.69) is 20.2 Å². The van der Waals surface area contributed by atoms with Gasteiger partial charge in [0, 0.05) is 13.1 Å². The summed E-state index contributed by atoms with van der Waals surface area (Å²) >= 11 is 1.60. The Labute approximate surface area is 135 Å². The van der Waals surface area contributed by atoms with E-state index in [-0.39, 0.29) is 12.3 Å². The highest BCUT2D eigenvalue weighted by atomic mass is 32.1. The molecule has 1 aliphatic heterocycles. The van der Waals surface area contributed by atoms with Crippen molar-refractivity contribution < 1.29 is 14.3 Å². The van der Waals surface area contributed by atoms with Gasteiger partial charge in [0.2, 0.25) is 5.69 Å². The number of nitrogens with zero attached hydrogens (tertiary/aromatic N) is 5. The summed E-state index contributed by atoms with van der Waals surface area (Å²) in [5.74, 6) is 0.344. The Bertz CT molecular complexity index is 868. The number of aromatic nitrogens is 4. The molecule has 3 aromatic heterocycles. The van der Waals surface area contributed by atoms with Crippen LogP contribution in [0.5, 0.6) is 0 Å². The minimum absolute atomic E-state index is 0.148. The monoisotopic (exact) mass is 333 g/mol. The van der Waals surface area contributed by atoms with Gasteiger partial charge in [0.25, 0.3) is 0 Å². The highest BCUT2D eigenvalue weighted by molar-refractivity contribution is 7.17. The molecule has 0 aliphatic carbocycles. The van der Waals surface area contributed by atoms with Crippen molar-refractivity contribution in [2.24, 2.45) is 0 Å². The van der Waals surface area contributed by atoms with Crippen LogP contribution >= 0.6 is 11.3 Å². The summed E-state index contributed by atoms with van der Waals surface area (Å²) in [5.41, 5.74) is 1.47. The van der Waals surface area contributed by atoms with Crippen molar-refractivity contribution in [3.63, 3.8) is 0 Å². The van der Waals surface area contributed by atoms with Crippen molar-refractivity contribution in [3.8, 4) is 0 Å². The van der Waals surface area contributed by atoms with Gasteiger partial charge in [-0.15, -0.1) is 16.4 Å². The zero-order valence-electron chi connectivity index (χ0n) is 12.6. The first kappa shape index (κ1) is 14.3. The Kier molecular flexibility index (Phi) is 3.58. The first-order chi connectivity index (χ1) is 11.3. The minimum Gasteiger partial charge on any atom is -0.461 e. The summed E-state index contributed by atoms with van der Waals surface area (Å²) in [6, 6.07) is 1.96. The lowest BCUT2D eigenvalue weighted by Gasteiger charge is -2.28. The summed E-state index contributed by atoms with van der Waals surface area (Å²) in [4.78, 5) is 18.9. The summed E-state index contributed by atoms with van der Waals surface area (Å²) in [5, 5.41) is 10.0. The topological polar surface area (TPSA) is 81.8 Å². The molecule has 0 unspecified atom stereocenters. The van der Waals surface area contributed by atoms with E-state index in [1.807, 2.05) is 11.4 Å². The van der Waals surface area contributed by atoms with Gasteiger partial charge in [0.05, 0.1) is 30.0 Å². The van der Waals surface area contributed by atoms with E-state index in [1.54, 1.807) is 22.8 Å². The molecule has 120 valence electrons. The normalized spacial score (nSPS) is 15.4. The average molecular weight is 333 g/mol. The number of morpholine rings is 1. The Hall–Kier alpha value is -2.26. The van der Waals surface area contributed by atoms with Gasteiger partial charge in [-0.3, -0.25) is 0 Å². The molecule has 0 radical (unpaired) electrons. The van der Waals surface area contributed by atoms with Crippen LogP contribution in [-0.4, -0.2) is 58.7 Å². The Morgan fingerprint density at radius 2 is 2.26 bits per heavy atom. The minimum atomic E-state index is -0.502. The Morgan fingerprint density at radius 3 is 3.04 bits per heavy atom. The first-order valence-corrected chi connectivity index (χ1v) is 8.30. The summed E-state index contributed by atoms with van der Waals surface area (Å²) in [6.45, 7) is 4.92. The molecule has 0 bridgehead atoms. The van der Waals surface area contributed by atoms with E-state index in [0.29, 0.717) is 18.9 Å². The largest absolute Gasteiger partial charge is 0.461 e. The third kappa shape index (κ3) is 2.32. The van der Waals surface area contributed by atoms with E-state index in [4.69, 9.17) is 9.47 Å². The van der Waals surface area contributed by atoms with Gasteiger partial charge >= 0.3 is 5.97 Å². The van der Waals surface area contributed by atoms with Gasteiger partial charge in [0.15, 0.2) is 11.5 Å². The van der Waals surface area contributed by atoms with Crippen LogP contribution in [0, 0.1) is 0 Å². The molecular weight excluding hydrogens is 318 g/mol. The highest BCUT2D eigenvalue weighted by Crippen LogP contribution is 2.31. The second-order valence-electron chi connectivity index (χ2n) is 5.06. The summed E-state index contributed by atoms with van der Waals surface area (Å²) < 4.78 is 13.1. The number of hydrogen-bond donors (Lipinski definition) is 0. The third-order valence-electron chi connectivity index (χ3n) is 3.71. The predicted octanol–water partition coefficient (Wildman–Crippen LogP) is 1.35. The molecule has 9 heteroatoms. The molecule has 0 amide bonds. The number of hydrogen-bond acceptors (Lipinski definition) is 8. The number of fused-ring (bicyclic) bond motifs is 3. The molecule has 1 fully saturated rings. The molecule has 0 N–H and O–H groups in total. The van der Waals surface area contributed by atoms with E-state index >= 15 is 0 Å². The van der Waals surface area contributed by atoms with Crippen LogP contribution in [0.3, 0.4) is 0 Å².